The number of aromatic nitrogens is 1. The first-order valence-electron chi connectivity index (χ1n) is 7.63. The largest absolute Gasteiger partial charge is 0.365 e. The van der Waals surface area contributed by atoms with Crippen LogP contribution in [0.25, 0.3) is 0 Å². The Morgan fingerprint density at radius 2 is 2.09 bits per heavy atom. The second kappa shape index (κ2) is 6.96. The summed E-state index contributed by atoms with van der Waals surface area (Å²) >= 11 is 0. The number of nitrogens with zero attached hydrogens (tertiary/aromatic N) is 3. The second-order valence-corrected chi connectivity index (χ2v) is 6.25. The minimum atomic E-state index is -0.180. The predicted molar refractivity (Wildman–Crippen MR) is 83.1 cm³/mol. The van der Waals surface area contributed by atoms with Gasteiger partial charge in [-0.15, -0.1) is 0 Å². The molecule has 0 fully saturated rings. The minimum Gasteiger partial charge on any atom is -0.365 e. The van der Waals surface area contributed by atoms with Gasteiger partial charge >= 0.3 is 0 Å². The van der Waals surface area contributed by atoms with E-state index in [9.17, 15) is 9.59 Å². The van der Waals surface area contributed by atoms with Gasteiger partial charge in [0.25, 0.3) is 0 Å². The molecule has 2 heterocycles. The summed E-state index contributed by atoms with van der Waals surface area (Å²) in [5, 5.41) is 0. The summed E-state index contributed by atoms with van der Waals surface area (Å²) in [6, 6.07) is 3.99. The van der Waals surface area contributed by atoms with Crippen LogP contribution in [0.4, 0.5) is 0 Å². The highest BCUT2D eigenvalue weighted by Gasteiger charge is 2.27. The molecule has 0 N–H and O–H groups in total. The lowest BCUT2D eigenvalue weighted by molar-refractivity contribution is -0.139. The Bertz CT molecular complexity index is 536. The maximum Gasteiger partial charge on any atom is 0.248 e. The van der Waals surface area contributed by atoms with E-state index < -0.39 is 0 Å². The van der Waals surface area contributed by atoms with E-state index in [0.717, 1.165) is 5.69 Å². The third kappa shape index (κ3) is 3.88. The van der Waals surface area contributed by atoms with Gasteiger partial charge in [-0.1, -0.05) is 13.8 Å². The minimum absolute atomic E-state index is 0.0397. The summed E-state index contributed by atoms with van der Waals surface area (Å²) in [5.74, 6) is -0.00790. The Morgan fingerprint density at radius 1 is 1.36 bits per heavy atom. The van der Waals surface area contributed by atoms with E-state index in [2.05, 4.69) is 4.57 Å². The Balaban J connectivity index is 2.10. The number of likely N-dealkylation sites (N-methyl/N-ethyl adjacent to an activating group) is 1. The molecule has 0 saturated heterocycles. The van der Waals surface area contributed by atoms with Gasteiger partial charge in [0.05, 0.1) is 19.2 Å². The SMILES string of the molecule is CC(C)C(=O)N1Cc2cccn2C[C@@H](OCC(=O)N(C)C)C1. The summed E-state index contributed by atoms with van der Waals surface area (Å²) < 4.78 is 7.86. The van der Waals surface area contributed by atoms with Crippen molar-refractivity contribution in [1.29, 1.82) is 0 Å². The van der Waals surface area contributed by atoms with E-state index in [-0.39, 0.29) is 30.4 Å². The van der Waals surface area contributed by atoms with Gasteiger partial charge < -0.3 is 19.1 Å². The summed E-state index contributed by atoms with van der Waals surface area (Å²) in [6.45, 7) is 5.60. The van der Waals surface area contributed by atoms with Gasteiger partial charge in [-0.2, -0.15) is 0 Å². The summed E-state index contributed by atoms with van der Waals surface area (Å²) in [5.41, 5.74) is 1.10. The predicted octanol–water partition coefficient (Wildman–Crippen LogP) is 0.960. The zero-order valence-electron chi connectivity index (χ0n) is 13.8. The van der Waals surface area contributed by atoms with Crippen molar-refractivity contribution in [2.75, 3.05) is 27.2 Å². The van der Waals surface area contributed by atoms with Crippen molar-refractivity contribution in [3.05, 3.63) is 24.0 Å². The quantitative estimate of drug-likeness (QED) is 0.832. The summed E-state index contributed by atoms with van der Waals surface area (Å²) in [7, 11) is 3.41. The molecule has 1 aliphatic rings. The molecule has 0 bridgehead atoms. The maximum absolute atomic E-state index is 12.4. The number of fused-ring (bicyclic) bond motifs is 1. The highest BCUT2D eigenvalue weighted by molar-refractivity contribution is 5.78. The van der Waals surface area contributed by atoms with Crippen molar-refractivity contribution in [2.45, 2.75) is 33.0 Å². The van der Waals surface area contributed by atoms with Gasteiger partial charge in [0, 0.05) is 38.4 Å². The fourth-order valence-electron chi connectivity index (χ4n) is 2.51. The summed E-state index contributed by atoms with van der Waals surface area (Å²) in [4.78, 5) is 27.4. The average molecular weight is 307 g/mol. The number of ether oxygens (including phenoxy) is 1. The van der Waals surface area contributed by atoms with Crippen molar-refractivity contribution < 1.29 is 14.3 Å². The number of hydrogen-bond donors (Lipinski definition) is 0. The first-order chi connectivity index (χ1) is 10.4. The van der Waals surface area contributed by atoms with Crippen molar-refractivity contribution in [2.24, 2.45) is 5.92 Å². The standard InChI is InChI=1S/C16H25N3O3/c1-12(2)16(21)19-8-13-6-5-7-18(13)9-14(10-19)22-11-15(20)17(3)4/h5-7,12,14H,8-11H2,1-4H3/t14-/m1/s1. The van der Waals surface area contributed by atoms with Gasteiger partial charge in [-0.05, 0) is 12.1 Å². The third-order valence-electron chi connectivity index (χ3n) is 3.85. The zero-order chi connectivity index (χ0) is 16.3. The molecule has 1 atom stereocenters. The molecule has 6 heteroatoms. The third-order valence-corrected chi connectivity index (χ3v) is 3.85. The number of amides is 2. The van der Waals surface area contributed by atoms with Crippen LogP contribution in [0.2, 0.25) is 0 Å². The molecule has 0 aliphatic carbocycles. The van der Waals surface area contributed by atoms with E-state index >= 15 is 0 Å². The molecule has 2 rings (SSSR count). The fourth-order valence-corrected chi connectivity index (χ4v) is 2.51. The van der Waals surface area contributed by atoms with Crippen molar-refractivity contribution >= 4 is 11.8 Å². The van der Waals surface area contributed by atoms with Gasteiger partial charge in [-0.25, -0.2) is 0 Å². The van der Waals surface area contributed by atoms with Crippen LogP contribution in [0, 0.1) is 5.92 Å². The van der Waals surface area contributed by atoms with Crippen LogP contribution in [0.1, 0.15) is 19.5 Å². The monoisotopic (exact) mass is 307 g/mol. The number of hydrogen-bond acceptors (Lipinski definition) is 3. The van der Waals surface area contributed by atoms with Crippen LogP contribution in [-0.2, 0) is 27.4 Å². The van der Waals surface area contributed by atoms with Crippen molar-refractivity contribution in [3.63, 3.8) is 0 Å². The average Bonchev–Trinajstić information content (AvgIpc) is 2.81. The lowest BCUT2D eigenvalue weighted by atomic mass is 10.1. The molecule has 0 aromatic carbocycles. The highest BCUT2D eigenvalue weighted by Crippen LogP contribution is 2.17. The number of carbonyl (C=O) groups is 2. The molecule has 1 aromatic heterocycles. The van der Waals surface area contributed by atoms with E-state index in [1.165, 1.54) is 4.90 Å². The first-order valence-corrected chi connectivity index (χ1v) is 7.63. The Labute approximate surface area is 131 Å². The molecule has 1 aromatic rings. The normalized spacial score (nSPS) is 18.0. The van der Waals surface area contributed by atoms with Gasteiger partial charge in [0.15, 0.2) is 0 Å². The Kier molecular flexibility index (Phi) is 5.24. The van der Waals surface area contributed by atoms with Gasteiger partial charge in [-0.3, -0.25) is 9.59 Å². The lowest BCUT2D eigenvalue weighted by Gasteiger charge is -2.26. The summed E-state index contributed by atoms with van der Waals surface area (Å²) in [6.07, 6.45) is 1.81. The van der Waals surface area contributed by atoms with E-state index in [4.69, 9.17) is 4.74 Å². The highest BCUT2D eigenvalue weighted by atomic mass is 16.5. The van der Waals surface area contributed by atoms with E-state index in [1.54, 1.807) is 14.1 Å². The number of carbonyl (C=O) groups excluding carboxylic acids is 2. The van der Waals surface area contributed by atoms with Crippen LogP contribution < -0.4 is 0 Å². The lowest BCUT2D eigenvalue weighted by Crippen LogP contribution is -2.40. The molecule has 0 spiro atoms. The van der Waals surface area contributed by atoms with Crippen LogP contribution in [0.5, 0.6) is 0 Å². The van der Waals surface area contributed by atoms with Crippen LogP contribution >= 0.6 is 0 Å². The van der Waals surface area contributed by atoms with Crippen molar-refractivity contribution in [1.82, 2.24) is 14.4 Å². The van der Waals surface area contributed by atoms with Crippen LogP contribution in [-0.4, -0.2) is 59.5 Å². The van der Waals surface area contributed by atoms with Crippen LogP contribution in [0.3, 0.4) is 0 Å². The molecule has 6 nitrogen and oxygen atoms in total. The molecule has 122 valence electrons. The molecule has 2 amide bonds. The van der Waals surface area contributed by atoms with Gasteiger partial charge in [0.1, 0.15) is 6.61 Å². The Hall–Kier alpha value is -1.82. The van der Waals surface area contributed by atoms with E-state index in [0.29, 0.717) is 19.6 Å². The van der Waals surface area contributed by atoms with Crippen LogP contribution in [0.15, 0.2) is 18.3 Å². The topological polar surface area (TPSA) is 54.8 Å². The Morgan fingerprint density at radius 3 is 2.73 bits per heavy atom. The molecule has 0 unspecified atom stereocenters. The molecule has 0 radical (unpaired) electrons. The zero-order valence-corrected chi connectivity index (χ0v) is 13.8. The first kappa shape index (κ1) is 16.5. The number of rotatable bonds is 4. The molecule has 1 aliphatic heterocycles. The molecule has 22 heavy (non-hydrogen) atoms. The smallest absolute Gasteiger partial charge is 0.248 e. The molecular weight excluding hydrogens is 282 g/mol. The molecular formula is C16H25N3O3. The van der Waals surface area contributed by atoms with Crippen molar-refractivity contribution in [3.8, 4) is 0 Å². The second-order valence-electron chi connectivity index (χ2n) is 6.25. The van der Waals surface area contributed by atoms with Gasteiger partial charge in [0.2, 0.25) is 11.8 Å². The molecule has 0 saturated carbocycles. The maximum atomic E-state index is 12.4. The van der Waals surface area contributed by atoms with E-state index in [1.807, 2.05) is 37.1 Å². The fraction of sp³-hybridized carbons (Fsp3) is 0.625.